The van der Waals surface area contributed by atoms with Crippen LogP contribution < -0.4 is 4.72 Å². The van der Waals surface area contributed by atoms with Crippen LogP contribution in [0.3, 0.4) is 0 Å². The number of hydrogen-bond donors (Lipinski definition) is 1. The van der Waals surface area contributed by atoms with Crippen molar-refractivity contribution in [1.82, 2.24) is 4.98 Å². The quantitative estimate of drug-likeness (QED) is 0.688. The molecule has 0 spiro atoms. The molecule has 0 radical (unpaired) electrons. The van der Waals surface area contributed by atoms with Crippen molar-refractivity contribution < 1.29 is 8.42 Å². The van der Waals surface area contributed by atoms with Gasteiger partial charge in [0.05, 0.1) is 21.2 Å². The Morgan fingerprint density at radius 1 is 0.957 bits per heavy atom. The number of fused-ring (bicyclic) bond motifs is 1. The Kier molecular flexibility index (Phi) is 4.38. The number of sulfonamides is 1. The van der Waals surface area contributed by atoms with Crippen LogP contribution in [0.15, 0.2) is 53.6 Å². The van der Waals surface area contributed by atoms with Crippen molar-refractivity contribution >= 4 is 61.4 Å². The van der Waals surface area contributed by atoms with E-state index in [0.717, 1.165) is 5.39 Å². The molecule has 0 aliphatic rings. The molecular formula is C15H9Cl3N2O2S. The van der Waals surface area contributed by atoms with E-state index >= 15 is 0 Å². The highest BCUT2D eigenvalue weighted by molar-refractivity contribution is 7.93. The van der Waals surface area contributed by atoms with E-state index in [4.69, 9.17) is 34.8 Å². The van der Waals surface area contributed by atoms with E-state index in [9.17, 15) is 8.42 Å². The zero-order valence-electron chi connectivity index (χ0n) is 11.4. The van der Waals surface area contributed by atoms with Gasteiger partial charge in [0.1, 0.15) is 4.90 Å². The van der Waals surface area contributed by atoms with Crippen LogP contribution in [0.2, 0.25) is 15.1 Å². The first-order valence-corrected chi connectivity index (χ1v) is 9.01. The fourth-order valence-electron chi connectivity index (χ4n) is 2.17. The molecule has 0 bridgehead atoms. The van der Waals surface area contributed by atoms with Crippen LogP contribution in [0.4, 0.5) is 5.69 Å². The Morgan fingerprint density at radius 3 is 2.30 bits per heavy atom. The Bertz CT molecular complexity index is 978. The normalized spacial score (nSPS) is 11.6. The van der Waals surface area contributed by atoms with Crippen molar-refractivity contribution in [3.63, 3.8) is 0 Å². The highest BCUT2D eigenvalue weighted by Crippen LogP contribution is 2.34. The lowest BCUT2D eigenvalue weighted by Gasteiger charge is -2.12. The minimum atomic E-state index is -4.00. The Labute approximate surface area is 148 Å². The maximum absolute atomic E-state index is 12.6. The molecule has 2 aromatic carbocycles. The number of hydrogen-bond acceptors (Lipinski definition) is 3. The van der Waals surface area contributed by atoms with Gasteiger partial charge in [0, 0.05) is 16.6 Å². The number of rotatable bonds is 3. The van der Waals surface area contributed by atoms with E-state index in [-0.39, 0.29) is 20.0 Å². The SMILES string of the molecule is O=S(=O)(Nc1cccc2cccnc12)c1c(Cl)cc(Cl)cc1Cl. The smallest absolute Gasteiger partial charge is 0.264 e. The van der Waals surface area contributed by atoms with Crippen LogP contribution in [0.1, 0.15) is 0 Å². The molecule has 0 unspecified atom stereocenters. The number of para-hydroxylation sites is 1. The summed E-state index contributed by atoms with van der Waals surface area (Å²) in [6.07, 6.45) is 1.59. The first kappa shape index (κ1) is 16.3. The van der Waals surface area contributed by atoms with Crippen molar-refractivity contribution in [3.05, 3.63) is 63.7 Å². The first-order chi connectivity index (χ1) is 10.9. The number of benzene rings is 2. The Morgan fingerprint density at radius 2 is 1.61 bits per heavy atom. The van der Waals surface area contributed by atoms with Gasteiger partial charge in [0.25, 0.3) is 10.0 Å². The maximum Gasteiger partial charge on any atom is 0.264 e. The average molecular weight is 388 g/mol. The van der Waals surface area contributed by atoms with Gasteiger partial charge in [-0.3, -0.25) is 9.71 Å². The molecule has 3 aromatic rings. The Hall–Kier alpha value is -1.53. The second kappa shape index (κ2) is 6.17. The molecular weight excluding hydrogens is 379 g/mol. The van der Waals surface area contributed by atoms with Crippen LogP contribution in [-0.4, -0.2) is 13.4 Å². The molecule has 4 nitrogen and oxygen atoms in total. The van der Waals surface area contributed by atoms with Gasteiger partial charge < -0.3 is 0 Å². The number of aromatic nitrogens is 1. The van der Waals surface area contributed by atoms with Crippen molar-refractivity contribution in [2.45, 2.75) is 4.90 Å². The molecule has 23 heavy (non-hydrogen) atoms. The minimum absolute atomic E-state index is 0.0526. The van der Waals surface area contributed by atoms with Gasteiger partial charge in [0.15, 0.2) is 0 Å². The minimum Gasteiger partial charge on any atom is -0.277 e. The predicted molar refractivity (Wildman–Crippen MR) is 94.0 cm³/mol. The van der Waals surface area contributed by atoms with E-state index in [0.29, 0.717) is 11.2 Å². The van der Waals surface area contributed by atoms with Gasteiger partial charge in [-0.25, -0.2) is 8.42 Å². The molecule has 0 saturated carbocycles. The third kappa shape index (κ3) is 3.23. The highest BCUT2D eigenvalue weighted by atomic mass is 35.5. The number of halogens is 3. The fourth-order valence-corrected chi connectivity index (χ4v) is 4.78. The molecule has 0 amide bonds. The van der Waals surface area contributed by atoms with Gasteiger partial charge >= 0.3 is 0 Å². The summed E-state index contributed by atoms with van der Waals surface area (Å²) in [4.78, 5) is 3.98. The largest absolute Gasteiger partial charge is 0.277 e. The highest BCUT2D eigenvalue weighted by Gasteiger charge is 2.23. The van der Waals surface area contributed by atoms with E-state index in [2.05, 4.69) is 9.71 Å². The molecule has 118 valence electrons. The summed E-state index contributed by atoms with van der Waals surface area (Å²) in [5, 5.41) is 0.957. The topological polar surface area (TPSA) is 59.1 Å². The third-order valence-corrected chi connectivity index (χ3v) is 5.61. The van der Waals surface area contributed by atoms with Crippen LogP contribution in [0, 0.1) is 0 Å². The molecule has 1 heterocycles. The number of anilines is 1. The fraction of sp³-hybridized carbons (Fsp3) is 0. The van der Waals surface area contributed by atoms with Crippen molar-refractivity contribution in [2.24, 2.45) is 0 Å². The molecule has 1 N–H and O–H groups in total. The van der Waals surface area contributed by atoms with Crippen LogP contribution >= 0.6 is 34.8 Å². The molecule has 8 heteroatoms. The van der Waals surface area contributed by atoms with Gasteiger partial charge in [0.2, 0.25) is 0 Å². The lowest BCUT2D eigenvalue weighted by molar-refractivity contribution is 0.601. The van der Waals surface area contributed by atoms with E-state index in [1.54, 1.807) is 24.4 Å². The Balaban J connectivity index is 2.12. The zero-order valence-corrected chi connectivity index (χ0v) is 14.5. The van der Waals surface area contributed by atoms with Crippen molar-refractivity contribution in [2.75, 3.05) is 4.72 Å². The van der Waals surface area contributed by atoms with E-state index in [1.807, 2.05) is 12.1 Å². The summed E-state index contributed by atoms with van der Waals surface area (Å²) in [6.45, 7) is 0. The molecule has 0 saturated heterocycles. The monoisotopic (exact) mass is 386 g/mol. The van der Waals surface area contributed by atoms with E-state index < -0.39 is 10.0 Å². The number of pyridine rings is 1. The molecule has 3 rings (SSSR count). The molecule has 0 aliphatic heterocycles. The summed E-state index contributed by atoms with van der Waals surface area (Å²) >= 11 is 17.8. The van der Waals surface area contributed by atoms with Crippen LogP contribution in [0.25, 0.3) is 10.9 Å². The van der Waals surface area contributed by atoms with Gasteiger partial charge in [-0.1, -0.05) is 53.0 Å². The maximum atomic E-state index is 12.6. The van der Waals surface area contributed by atoms with Crippen LogP contribution in [-0.2, 0) is 10.0 Å². The standard InChI is InChI=1S/C15H9Cl3N2O2S/c16-10-7-11(17)15(12(18)8-10)23(21,22)20-13-5-1-3-9-4-2-6-19-14(9)13/h1-8,20H. The number of nitrogens with one attached hydrogen (secondary N) is 1. The lowest BCUT2D eigenvalue weighted by atomic mass is 10.2. The third-order valence-electron chi connectivity index (χ3n) is 3.11. The lowest BCUT2D eigenvalue weighted by Crippen LogP contribution is -2.14. The summed E-state index contributed by atoms with van der Waals surface area (Å²) < 4.78 is 27.8. The summed E-state index contributed by atoms with van der Waals surface area (Å²) in [7, 11) is -4.00. The average Bonchev–Trinajstić information content (AvgIpc) is 2.45. The zero-order chi connectivity index (χ0) is 16.6. The second-order valence-corrected chi connectivity index (χ2v) is 7.55. The van der Waals surface area contributed by atoms with Gasteiger partial charge in [-0.15, -0.1) is 0 Å². The molecule has 1 aromatic heterocycles. The van der Waals surface area contributed by atoms with E-state index in [1.165, 1.54) is 12.1 Å². The summed E-state index contributed by atoms with van der Waals surface area (Å²) in [5.41, 5.74) is 0.866. The van der Waals surface area contributed by atoms with Crippen molar-refractivity contribution in [1.29, 1.82) is 0 Å². The van der Waals surface area contributed by atoms with Crippen LogP contribution in [0.5, 0.6) is 0 Å². The second-order valence-electron chi connectivity index (χ2n) is 4.68. The molecule has 0 fully saturated rings. The molecule has 0 aliphatic carbocycles. The van der Waals surface area contributed by atoms with Crippen molar-refractivity contribution in [3.8, 4) is 0 Å². The summed E-state index contributed by atoms with van der Waals surface area (Å²) in [6, 6.07) is 11.4. The van der Waals surface area contributed by atoms with Gasteiger partial charge in [-0.05, 0) is 24.3 Å². The summed E-state index contributed by atoms with van der Waals surface area (Å²) in [5.74, 6) is 0. The number of nitrogens with zero attached hydrogens (tertiary/aromatic N) is 1. The van der Waals surface area contributed by atoms with Gasteiger partial charge in [-0.2, -0.15) is 0 Å². The predicted octanol–water partition coefficient (Wildman–Crippen LogP) is 5.00. The first-order valence-electron chi connectivity index (χ1n) is 6.39. The molecule has 0 atom stereocenters.